The summed E-state index contributed by atoms with van der Waals surface area (Å²) in [7, 11) is 1.91. The summed E-state index contributed by atoms with van der Waals surface area (Å²) in [4.78, 5) is 7.02. The van der Waals surface area contributed by atoms with Crippen LogP contribution in [0, 0.1) is 24.7 Å². The molecule has 1 aromatic heterocycles. The van der Waals surface area contributed by atoms with E-state index < -0.39 is 0 Å². The van der Waals surface area contributed by atoms with E-state index >= 15 is 0 Å². The number of ether oxygens (including phenoxy) is 1. The standard InChI is InChI=1S/C18H28N6O/c1-11-21-22-17-6-3-12(8-24(11)17)7-20-18(19-2)23-9-13-14(10-23)16-5-4-15(13)25-16/h12-16H,3-10H2,1-2H3,(H,19,20). The fourth-order valence-electron chi connectivity index (χ4n) is 5.40. The van der Waals surface area contributed by atoms with Crippen LogP contribution in [0.15, 0.2) is 4.99 Å². The molecule has 0 amide bonds. The summed E-state index contributed by atoms with van der Waals surface area (Å²) in [5, 5.41) is 12.1. The molecule has 5 unspecified atom stereocenters. The molecule has 1 aromatic rings. The van der Waals surface area contributed by atoms with Crippen LogP contribution >= 0.6 is 0 Å². The molecule has 3 fully saturated rings. The Morgan fingerprint density at radius 3 is 2.64 bits per heavy atom. The van der Waals surface area contributed by atoms with Crippen molar-refractivity contribution < 1.29 is 4.74 Å². The number of likely N-dealkylation sites (tertiary alicyclic amines) is 1. The van der Waals surface area contributed by atoms with E-state index in [0.29, 0.717) is 30.0 Å². The second-order valence-corrected chi connectivity index (χ2v) is 8.13. The van der Waals surface area contributed by atoms with Gasteiger partial charge in [0.1, 0.15) is 11.6 Å². The highest BCUT2D eigenvalue weighted by Gasteiger charge is 2.53. The zero-order chi connectivity index (χ0) is 17.0. The molecule has 3 saturated heterocycles. The number of aliphatic imine (C=N–C) groups is 1. The third-order valence-electron chi connectivity index (χ3n) is 6.74. The van der Waals surface area contributed by atoms with E-state index in [4.69, 9.17) is 4.74 Å². The van der Waals surface area contributed by atoms with E-state index in [1.54, 1.807) is 0 Å². The third kappa shape index (κ3) is 2.55. The maximum absolute atomic E-state index is 6.09. The molecule has 0 aliphatic carbocycles. The van der Waals surface area contributed by atoms with Gasteiger partial charge in [-0.1, -0.05) is 0 Å². The first-order valence-corrected chi connectivity index (χ1v) is 9.72. The molecule has 4 aliphatic heterocycles. The van der Waals surface area contributed by atoms with Crippen molar-refractivity contribution in [3.63, 3.8) is 0 Å². The molecule has 0 aromatic carbocycles. The Kier molecular flexibility index (Phi) is 3.73. The second kappa shape index (κ2) is 5.97. The van der Waals surface area contributed by atoms with Gasteiger partial charge in [0, 0.05) is 51.5 Å². The van der Waals surface area contributed by atoms with Crippen molar-refractivity contribution in [3.05, 3.63) is 11.6 Å². The molecule has 0 saturated carbocycles. The highest BCUT2D eigenvalue weighted by atomic mass is 16.5. The van der Waals surface area contributed by atoms with Gasteiger partial charge >= 0.3 is 0 Å². The Morgan fingerprint density at radius 1 is 1.16 bits per heavy atom. The van der Waals surface area contributed by atoms with Crippen molar-refractivity contribution in [3.8, 4) is 0 Å². The van der Waals surface area contributed by atoms with Crippen LogP contribution < -0.4 is 5.32 Å². The lowest BCUT2D eigenvalue weighted by molar-refractivity contribution is 0.0767. The van der Waals surface area contributed by atoms with Crippen molar-refractivity contribution in [2.75, 3.05) is 26.7 Å². The fraction of sp³-hybridized carbons (Fsp3) is 0.833. The fourth-order valence-corrected chi connectivity index (χ4v) is 5.40. The number of aryl methyl sites for hydroxylation is 2. The molecule has 5 heterocycles. The second-order valence-electron chi connectivity index (χ2n) is 8.13. The van der Waals surface area contributed by atoms with E-state index in [2.05, 4.69) is 30.0 Å². The zero-order valence-electron chi connectivity index (χ0n) is 15.2. The molecule has 5 rings (SSSR count). The van der Waals surface area contributed by atoms with Crippen LogP contribution in [0.2, 0.25) is 0 Å². The van der Waals surface area contributed by atoms with Crippen molar-refractivity contribution in [1.82, 2.24) is 25.0 Å². The minimum Gasteiger partial charge on any atom is -0.374 e. The summed E-state index contributed by atoms with van der Waals surface area (Å²) in [5.74, 6) is 5.29. The van der Waals surface area contributed by atoms with E-state index in [1.165, 1.54) is 19.3 Å². The first-order chi connectivity index (χ1) is 12.2. The molecule has 1 N–H and O–H groups in total. The van der Waals surface area contributed by atoms with Crippen molar-refractivity contribution in [2.45, 2.75) is 51.4 Å². The Bertz CT molecular complexity index is 667. The van der Waals surface area contributed by atoms with Gasteiger partial charge < -0.3 is 19.5 Å². The number of fused-ring (bicyclic) bond motifs is 6. The summed E-state index contributed by atoms with van der Waals surface area (Å²) in [6, 6.07) is 0. The minimum atomic E-state index is 0.506. The molecule has 4 aliphatic rings. The van der Waals surface area contributed by atoms with Gasteiger partial charge in [0.15, 0.2) is 5.96 Å². The number of hydrogen-bond donors (Lipinski definition) is 1. The summed E-state index contributed by atoms with van der Waals surface area (Å²) < 4.78 is 8.36. The van der Waals surface area contributed by atoms with Crippen LogP contribution in [0.1, 0.15) is 30.9 Å². The first kappa shape index (κ1) is 15.6. The Labute approximate surface area is 148 Å². The van der Waals surface area contributed by atoms with Gasteiger partial charge in [0.2, 0.25) is 0 Å². The van der Waals surface area contributed by atoms with Gasteiger partial charge in [-0.3, -0.25) is 4.99 Å². The monoisotopic (exact) mass is 344 g/mol. The Balaban J connectivity index is 1.19. The van der Waals surface area contributed by atoms with Crippen LogP contribution in [0.25, 0.3) is 0 Å². The zero-order valence-corrected chi connectivity index (χ0v) is 15.2. The minimum absolute atomic E-state index is 0.506. The van der Waals surface area contributed by atoms with Crippen molar-refractivity contribution >= 4 is 5.96 Å². The lowest BCUT2D eigenvalue weighted by atomic mass is 9.82. The topological polar surface area (TPSA) is 67.6 Å². The normalized spacial score (nSPS) is 36.6. The third-order valence-corrected chi connectivity index (χ3v) is 6.74. The maximum Gasteiger partial charge on any atom is 0.193 e. The van der Waals surface area contributed by atoms with E-state index in [1.807, 2.05) is 14.0 Å². The number of guanidine groups is 1. The molecule has 2 bridgehead atoms. The van der Waals surface area contributed by atoms with Crippen LogP contribution in [0.5, 0.6) is 0 Å². The largest absolute Gasteiger partial charge is 0.374 e. The SMILES string of the molecule is CN=C(NCC1CCc2nnc(C)n2C1)N1CC2C3CCC(O3)C2C1. The average Bonchev–Trinajstić information content (AvgIpc) is 3.37. The lowest BCUT2D eigenvalue weighted by Gasteiger charge is -2.28. The predicted octanol–water partition coefficient (Wildman–Crippen LogP) is 0.834. The van der Waals surface area contributed by atoms with E-state index in [-0.39, 0.29) is 0 Å². The van der Waals surface area contributed by atoms with Gasteiger partial charge in [0.05, 0.1) is 12.2 Å². The van der Waals surface area contributed by atoms with Crippen LogP contribution in [-0.2, 0) is 17.7 Å². The predicted molar refractivity (Wildman–Crippen MR) is 94.4 cm³/mol. The number of nitrogens with one attached hydrogen (secondary N) is 1. The van der Waals surface area contributed by atoms with E-state index in [0.717, 1.165) is 50.2 Å². The molecule has 136 valence electrons. The number of rotatable bonds is 2. The lowest BCUT2D eigenvalue weighted by Crippen LogP contribution is -2.44. The van der Waals surface area contributed by atoms with Crippen molar-refractivity contribution in [2.24, 2.45) is 22.7 Å². The molecule has 25 heavy (non-hydrogen) atoms. The summed E-state index contributed by atoms with van der Waals surface area (Å²) in [6.07, 6.45) is 5.73. The van der Waals surface area contributed by atoms with Gasteiger partial charge in [0.25, 0.3) is 0 Å². The molecule has 7 heteroatoms. The van der Waals surface area contributed by atoms with Crippen LogP contribution in [-0.4, -0.2) is 64.5 Å². The Hall–Kier alpha value is -1.63. The van der Waals surface area contributed by atoms with Crippen molar-refractivity contribution in [1.29, 1.82) is 0 Å². The summed E-state index contributed by atoms with van der Waals surface area (Å²) >= 11 is 0. The molecule has 7 nitrogen and oxygen atoms in total. The van der Waals surface area contributed by atoms with Gasteiger partial charge in [-0.25, -0.2) is 0 Å². The number of hydrogen-bond acceptors (Lipinski definition) is 4. The molecular weight excluding hydrogens is 316 g/mol. The maximum atomic E-state index is 6.09. The molecule has 0 spiro atoms. The highest BCUT2D eigenvalue weighted by molar-refractivity contribution is 5.80. The van der Waals surface area contributed by atoms with Crippen LogP contribution in [0.3, 0.4) is 0 Å². The van der Waals surface area contributed by atoms with Crippen LogP contribution in [0.4, 0.5) is 0 Å². The summed E-state index contributed by atoms with van der Waals surface area (Å²) in [6.45, 7) is 6.24. The van der Waals surface area contributed by atoms with Gasteiger partial charge in [-0.15, -0.1) is 10.2 Å². The average molecular weight is 344 g/mol. The molecule has 0 radical (unpaired) electrons. The first-order valence-electron chi connectivity index (χ1n) is 9.72. The summed E-state index contributed by atoms with van der Waals surface area (Å²) in [5.41, 5.74) is 0. The smallest absolute Gasteiger partial charge is 0.193 e. The molecular formula is C18H28N6O. The number of nitrogens with zero attached hydrogens (tertiary/aromatic N) is 5. The van der Waals surface area contributed by atoms with E-state index in [9.17, 15) is 0 Å². The highest BCUT2D eigenvalue weighted by Crippen LogP contribution is 2.47. The Morgan fingerprint density at radius 2 is 1.92 bits per heavy atom. The number of aromatic nitrogens is 3. The van der Waals surface area contributed by atoms with Gasteiger partial charge in [-0.2, -0.15) is 0 Å². The molecule has 5 atom stereocenters. The van der Waals surface area contributed by atoms with Gasteiger partial charge in [-0.05, 0) is 32.1 Å². The quantitative estimate of drug-likeness (QED) is 0.636.